The third-order valence-corrected chi connectivity index (χ3v) is 6.64. The molecule has 5 rings (SSSR count). The van der Waals surface area contributed by atoms with E-state index in [9.17, 15) is 9.59 Å². The SMILES string of the molecule is COc1ccccc1CN1C(=O)c2cc3ccccc3n2C[C@]1(C)C(=O)NCc1ccccc1. The minimum atomic E-state index is -1.10. The third-order valence-electron chi connectivity index (χ3n) is 6.64. The maximum atomic E-state index is 13.9. The van der Waals surface area contributed by atoms with Gasteiger partial charge < -0.3 is 19.5 Å². The molecular weight excluding hydrogens is 426 g/mol. The van der Waals surface area contributed by atoms with Crippen LogP contribution in [0.15, 0.2) is 84.9 Å². The molecule has 0 spiro atoms. The van der Waals surface area contributed by atoms with Gasteiger partial charge in [-0.3, -0.25) is 9.59 Å². The molecule has 2 heterocycles. The van der Waals surface area contributed by atoms with Crippen molar-refractivity contribution in [3.05, 3.63) is 102 Å². The highest BCUT2D eigenvalue weighted by atomic mass is 16.5. The van der Waals surface area contributed by atoms with Crippen LogP contribution in [0.3, 0.4) is 0 Å². The van der Waals surface area contributed by atoms with Gasteiger partial charge in [-0.2, -0.15) is 0 Å². The lowest BCUT2D eigenvalue weighted by molar-refractivity contribution is -0.133. The Labute approximate surface area is 198 Å². The number of hydrogen-bond acceptors (Lipinski definition) is 3. The molecule has 0 unspecified atom stereocenters. The number of carbonyl (C=O) groups is 2. The van der Waals surface area contributed by atoms with Crippen LogP contribution in [0.4, 0.5) is 0 Å². The molecule has 0 fully saturated rings. The number of para-hydroxylation sites is 2. The van der Waals surface area contributed by atoms with Crippen LogP contribution >= 0.6 is 0 Å². The quantitative estimate of drug-likeness (QED) is 0.471. The average molecular weight is 454 g/mol. The van der Waals surface area contributed by atoms with Crippen LogP contribution in [0.1, 0.15) is 28.5 Å². The maximum Gasteiger partial charge on any atom is 0.271 e. The van der Waals surface area contributed by atoms with E-state index in [0.717, 1.165) is 22.0 Å². The van der Waals surface area contributed by atoms with Gasteiger partial charge in [0.15, 0.2) is 0 Å². The minimum Gasteiger partial charge on any atom is -0.496 e. The Morgan fingerprint density at radius 2 is 1.71 bits per heavy atom. The predicted molar refractivity (Wildman–Crippen MR) is 131 cm³/mol. The molecule has 1 N–H and O–H groups in total. The second-order valence-corrected chi connectivity index (χ2v) is 8.82. The summed E-state index contributed by atoms with van der Waals surface area (Å²) in [5.74, 6) is 0.321. The Bertz CT molecular complexity index is 1360. The summed E-state index contributed by atoms with van der Waals surface area (Å²) >= 11 is 0. The van der Waals surface area contributed by atoms with Crippen molar-refractivity contribution < 1.29 is 14.3 Å². The molecule has 0 saturated heterocycles. The third kappa shape index (κ3) is 3.71. The van der Waals surface area contributed by atoms with Crippen LogP contribution in [0, 0.1) is 0 Å². The smallest absolute Gasteiger partial charge is 0.271 e. The number of nitrogens with one attached hydrogen (secondary N) is 1. The molecule has 3 aromatic carbocycles. The number of amides is 2. The zero-order valence-electron chi connectivity index (χ0n) is 19.3. The van der Waals surface area contributed by atoms with Gasteiger partial charge in [-0.25, -0.2) is 0 Å². The van der Waals surface area contributed by atoms with Crippen molar-refractivity contribution in [2.24, 2.45) is 0 Å². The molecule has 1 aromatic heterocycles. The van der Waals surface area contributed by atoms with Gasteiger partial charge in [0.2, 0.25) is 5.91 Å². The Balaban J connectivity index is 1.55. The van der Waals surface area contributed by atoms with Crippen molar-refractivity contribution in [3.8, 4) is 5.75 Å². The fourth-order valence-electron chi connectivity index (χ4n) is 4.73. The highest BCUT2D eigenvalue weighted by Crippen LogP contribution is 2.34. The molecule has 34 heavy (non-hydrogen) atoms. The highest BCUT2D eigenvalue weighted by Gasteiger charge is 2.47. The van der Waals surface area contributed by atoms with E-state index in [1.807, 2.05) is 96.4 Å². The van der Waals surface area contributed by atoms with Gasteiger partial charge in [0, 0.05) is 23.0 Å². The second kappa shape index (κ2) is 8.71. The molecule has 6 heteroatoms. The molecule has 1 aliphatic rings. The summed E-state index contributed by atoms with van der Waals surface area (Å²) in [6.07, 6.45) is 0. The molecule has 1 aliphatic heterocycles. The van der Waals surface area contributed by atoms with E-state index in [0.29, 0.717) is 24.5 Å². The van der Waals surface area contributed by atoms with Gasteiger partial charge in [0.25, 0.3) is 5.91 Å². The van der Waals surface area contributed by atoms with Gasteiger partial charge in [-0.15, -0.1) is 0 Å². The molecular formula is C28H27N3O3. The Morgan fingerprint density at radius 1 is 1.00 bits per heavy atom. The number of carbonyl (C=O) groups excluding carboxylic acids is 2. The van der Waals surface area contributed by atoms with Crippen molar-refractivity contribution in [2.75, 3.05) is 7.11 Å². The Morgan fingerprint density at radius 3 is 2.50 bits per heavy atom. The molecule has 0 radical (unpaired) electrons. The number of methoxy groups -OCH3 is 1. The summed E-state index contributed by atoms with van der Waals surface area (Å²) in [6, 6.07) is 27.2. The largest absolute Gasteiger partial charge is 0.496 e. The van der Waals surface area contributed by atoms with Gasteiger partial charge in [-0.05, 0) is 30.7 Å². The van der Waals surface area contributed by atoms with Crippen LogP contribution in [-0.4, -0.2) is 33.9 Å². The molecule has 172 valence electrons. The Hall–Kier alpha value is -4.06. The van der Waals surface area contributed by atoms with E-state index < -0.39 is 5.54 Å². The van der Waals surface area contributed by atoms with E-state index in [1.54, 1.807) is 12.0 Å². The molecule has 4 aromatic rings. The van der Waals surface area contributed by atoms with Gasteiger partial charge in [-0.1, -0.05) is 66.7 Å². The lowest BCUT2D eigenvalue weighted by Gasteiger charge is -2.44. The minimum absolute atomic E-state index is 0.175. The number of fused-ring (bicyclic) bond motifs is 3. The first-order chi connectivity index (χ1) is 16.5. The summed E-state index contributed by atoms with van der Waals surface area (Å²) < 4.78 is 7.50. The molecule has 1 atom stereocenters. The lowest BCUT2D eigenvalue weighted by Crippen LogP contribution is -2.63. The number of rotatable bonds is 6. The topological polar surface area (TPSA) is 63.6 Å². The summed E-state index contributed by atoms with van der Waals surface area (Å²) in [4.78, 5) is 29.3. The number of ether oxygens (including phenoxy) is 1. The summed E-state index contributed by atoms with van der Waals surface area (Å²) in [7, 11) is 1.61. The van der Waals surface area contributed by atoms with E-state index in [4.69, 9.17) is 4.74 Å². The first kappa shape index (κ1) is 21.8. The summed E-state index contributed by atoms with van der Waals surface area (Å²) in [6.45, 7) is 2.86. The number of benzene rings is 3. The number of nitrogens with zero attached hydrogens (tertiary/aromatic N) is 2. The van der Waals surface area contributed by atoms with Crippen molar-refractivity contribution in [1.29, 1.82) is 0 Å². The van der Waals surface area contributed by atoms with E-state index in [-0.39, 0.29) is 18.4 Å². The monoisotopic (exact) mass is 453 g/mol. The van der Waals surface area contributed by atoms with Gasteiger partial charge in [0.05, 0.1) is 20.2 Å². The van der Waals surface area contributed by atoms with Crippen LogP contribution in [0.5, 0.6) is 5.75 Å². The van der Waals surface area contributed by atoms with Gasteiger partial charge >= 0.3 is 0 Å². The Kier molecular flexibility index (Phi) is 5.57. The van der Waals surface area contributed by atoms with Crippen LogP contribution in [-0.2, 0) is 24.4 Å². The number of aromatic nitrogens is 1. The highest BCUT2D eigenvalue weighted by molar-refractivity contribution is 6.03. The fourth-order valence-corrected chi connectivity index (χ4v) is 4.73. The van der Waals surface area contributed by atoms with E-state index in [2.05, 4.69) is 5.32 Å². The average Bonchev–Trinajstić information content (AvgIpc) is 3.24. The molecule has 2 amide bonds. The molecule has 0 aliphatic carbocycles. The summed E-state index contributed by atoms with van der Waals surface area (Å²) in [5.41, 5.74) is 2.30. The van der Waals surface area contributed by atoms with Crippen LogP contribution in [0.2, 0.25) is 0 Å². The van der Waals surface area contributed by atoms with Crippen LogP contribution < -0.4 is 10.1 Å². The zero-order valence-corrected chi connectivity index (χ0v) is 19.3. The predicted octanol–water partition coefficient (Wildman–Crippen LogP) is 4.38. The maximum absolute atomic E-state index is 13.9. The normalized spacial score (nSPS) is 17.5. The second-order valence-electron chi connectivity index (χ2n) is 8.82. The van der Waals surface area contributed by atoms with E-state index >= 15 is 0 Å². The molecule has 6 nitrogen and oxygen atoms in total. The molecule has 0 bridgehead atoms. The lowest BCUT2D eigenvalue weighted by atomic mass is 9.93. The first-order valence-electron chi connectivity index (χ1n) is 11.4. The zero-order chi connectivity index (χ0) is 23.7. The van der Waals surface area contributed by atoms with Crippen LogP contribution in [0.25, 0.3) is 10.9 Å². The van der Waals surface area contributed by atoms with Gasteiger partial charge in [0.1, 0.15) is 17.0 Å². The summed E-state index contributed by atoms with van der Waals surface area (Å²) in [5, 5.41) is 4.05. The van der Waals surface area contributed by atoms with E-state index in [1.165, 1.54) is 0 Å². The van der Waals surface area contributed by atoms with Crippen molar-refractivity contribution >= 4 is 22.7 Å². The van der Waals surface area contributed by atoms with Crippen molar-refractivity contribution in [1.82, 2.24) is 14.8 Å². The molecule has 0 saturated carbocycles. The van der Waals surface area contributed by atoms with Crippen molar-refractivity contribution in [2.45, 2.75) is 32.1 Å². The fraction of sp³-hybridized carbons (Fsp3) is 0.214. The first-order valence-corrected chi connectivity index (χ1v) is 11.4. The van der Waals surface area contributed by atoms with Crippen molar-refractivity contribution in [3.63, 3.8) is 0 Å². The standard InChI is InChI=1S/C28H27N3O3/c1-28(27(33)29-17-20-10-4-3-5-11-20)19-30-23-14-8-6-12-21(23)16-24(30)26(32)31(28)18-22-13-7-9-15-25(22)34-2/h3-16H,17-19H2,1-2H3,(H,29,33)/t28-/m1/s1. The number of hydrogen-bond donors (Lipinski definition) is 1.